The molecule has 0 unspecified atom stereocenters. The molecule has 2 aliphatic heterocycles. The van der Waals surface area contributed by atoms with E-state index in [1.54, 1.807) is 11.0 Å². The van der Waals surface area contributed by atoms with Crippen LogP contribution in [0.4, 0.5) is 5.69 Å². The van der Waals surface area contributed by atoms with E-state index >= 15 is 0 Å². The quantitative estimate of drug-likeness (QED) is 0.665. The third kappa shape index (κ3) is 5.52. The molecule has 0 aliphatic carbocycles. The molecule has 2 aliphatic rings. The maximum Gasteiger partial charge on any atom is 0.247 e. The summed E-state index contributed by atoms with van der Waals surface area (Å²) in [6.07, 6.45) is 4.90. The molecule has 2 N–H and O–H groups in total. The molecule has 29 heavy (non-hydrogen) atoms. The van der Waals surface area contributed by atoms with E-state index < -0.39 is 15.3 Å². The molecule has 1 aromatic carbocycles. The van der Waals surface area contributed by atoms with Gasteiger partial charge in [-0.2, -0.15) is 0 Å². The monoisotopic (exact) mass is 439 g/mol. The maximum absolute atomic E-state index is 12.9. The van der Waals surface area contributed by atoms with Gasteiger partial charge in [0, 0.05) is 24.5 Å². The molecule has 0 aromatic heterocycles. The standard InChI is InChI=1S/C20H29N3O4S2/c1-14(2)9-10-21-29(26,27)15-7-8-17-16(13-15)22-19(24)18(28-17)20(25)23-11-5-3-4-6-12-23/h7-8,13-14,18,21H,3-6,9-12H2,1-2H3,(H,22,24)/t18-/m1/s1. The summed E-state index contributed by atoms with van der Waals surface area (Å²) in [7, 11) is -3.64. The van der Waals surface area contributed by atoms with Gasteiger partial charge in [0.25, 0.3) is 0 Å². The van der Waals surface area contributed by atoms with Crippen molar-refractivity contribution in [2.45, 2.75) is 61.0 Å². The Balaban J connectivity index is 1.72. The highest BCUT2D eigenvalue weighted by Crippen LogP contribution is 2.38. The minimum absolute atomic E-state index is 0.109. The summed E-state index contributed by atoms with van der Waals surface area (Å²) in [5.74, 6) is -0.151. The molecular weight excluding hydrogens is 410 g/mol. The average molecular weight is 440 g/mol. The lowest BCUT2D eigenvalue weighted by molar-refractivity contribution is -0.133. The predicted molar refractivity (Wildman–Crippen MR) is 114 cm³/mol. The lowest BCUT2D eigenvalue weighted by Crippen LogP contribution is -2.45. The summed E-state index contributed by atoms with van der Waals surface area (Å²) >= 11 is 1.20. The first-order valence-electron chi connectivity index (χ1n) is 10.2. The summed E-state index contributed by atoms with van der Waals surface area (Å²) in [4.78, 5) is 28.1. The average Bonchev–Trinajstić information content (AvgIpc) is 2.95. The summed E-state index contributed by atoms with van der Waals surface area (Å²) in [6.45, 7) is 5.81. The zero-order valence-corrected chi connectivity index (χ0v) is 18.6. The topological polar surface area (TPSA) is 95.6 Å². The van der Waals surface area contributed by atoms with Crippen LogP contribution in [0, 0.1) is 5.92 Å². The number of likely N-dealkylation sites (tertiary alicyclic amines) is 1. The van der Waals surface area contributed by atoms with Crippen molar-refractivity contribution in [3.63, 3.8) is 0 Å². The minimum Gasteiger partial charge on any atom is -0.341 e. The summed E-state index contributed by atoms with van der Waals surface area (Å²) in [5, 5.41) is 1.91. The molecule has 1 fully saturated rings. The number of sulfonamides is 1. The Morgan fingerprint density at radius 2 is 1.93 bits per heavy atom. The van der Waals surface area contributed by atoms with Crippen molar-refractivity contribution in [3.8, 4) is 0 Å². The first-order valence-corrected chi connectivity index (χ1v) is 12.5. The van der Waals surface area contributed by atoms with Gasteiger partial charge in [-0.3, -0.25) is 9.59 Å². The van der Waals surface area contributed by atoms with Crippen LogP contribution in [0.3, 0.4) is 0 Å². The molecule has 0 spiro atoms. The summed E-state index contributed by atoms with van der Waals surface area (Å²) in [6, 6.07) is 4.65. The zero-order valence-electron chi connectivity index (χ0n) is 16.9. The van der Waals surface area contributed by atoms with Crippen LogP contribution in [-0.2, 0) is 19.6 Å². The van der Waals surface area contributed by atoms with E-state index in [0.29, 0.717) is 36.1 Å². The van der Waals surface area contributed by atoms with Gasteiger partial charge in [-0.1, -0.05) is 26.7 Å². The highest BCUT2D eigenvalue weighted by molar-refractivity contribution is 8.01. The molecule has 7 nitrogen and oxygen atoms in total. The molecule has 160 valence electrons. The first-order chi connectivity index (χ1) is 13.8. The second-order valence-electron chi connectivity index (χ2n) is 7.96. The molecule has 1 aromatic rings. The van der Waals surface area contributed by atoms with Gasteiger partial charge in [0.05, 0.1) is 10.6 Å². The van der Waals surface area contributed by atoms with Crippen LogP contribution in [0.5, 0.6) is 0 Å². The Morgan fingerprint density at radius 1 is 1.24 bits per heavy atom. The summed E-state index contributed by atoms with van der Waals surface area (Å²) in [5.41, 5.74) is 0.437. The molecule has 1 saturated heterocycles. The number of fused-ring (bicyclic) bond motifs is 1. The van der Waals surface area contributed by atoms with E-state index in [1.807, 2.05) is 13.8 Å². The molecule has 0 saturated carbocycles. The van der Waals surface area contributed by atoms with Crippen LogP contribution in [-0.4, -0.2) is 50.0 Å². The highest BCUT2D eigenvalue weighted by Gasteiger charge is 2.36. The van der Waals surface area contributed by atoms with Crippen molar-refractivity contribution in [1.82, 2.24) is 9.62 Å². The SMILES string of the molecule is CC(C)CCNS(=O)(=O)c1ccc2c(c1)NC(=O)[C@H](C(=O)N1CCCCCC1)S2. The Morgan fingerprint density at radius 3 is 2.59 bits per heavy atom. The normalized spacial score (nSPS) is 20.2. The van der Waals surface area contributed by atoms with Gasteiger partial charge in [0.1, 0.15) is 0 Å². The number of nitrogens with zero attached hydrogens (tertiary/aromatic N) is 1. The zero-order chi connectivity index (χ0) is 21.0. The highest BCUT2D eigenvalue weighted by atomic mass is 32.2. The van der Waals surface area contributed by atoms with Gasteiger partial charge >= 0.3 is 0 Å². The predicted octanol–water partition coefficient (Wildman–Crippen LogP) is 2.83. The van der Waals surface area contributed by atoms with Gasteiger partial charge in [0.15, 0.2) is 5.25 Å². The van der Waals surface area contributed by atoms with Crippen molar-refractivity contribution in [3.05, 3.63) is 18.2 Å². The Bertz CT molecular complexity index is 862. The van der Waals surface area contributed by atoms with Gasteiger partial charge in [-0.25, -0.2) is 13.1 Å². The smallest absolute Gasteiger partial charge is 0.247 e. The second kappa shape index (κ2) is 9.49. The fraction of sp³-hybridized carbons (Fsp3) is 0.600. The number of nitrogens with one attached hydrogen (secondary N) is 2. The van der Waals surface area contributed by atoms with E-state index in [-0.39, 0.29) is 16.7 Å². The van der Waals surface area contributed by atoms with E-state index in [9.17, 15) is 18.0 Å². The number of hydrogen-bond acceptors (Lipinski definition) is 5. The third-order valence-electron chi connectivity index (χ3n) is 5.16. The summed E-state index contributed by atoms with van der Waals surface area (Å²) < 4.78 is 27.6. The van der Waals surface area contributed by atoms with Crippen molar-refractivity contribution in [2.24, 2.45) is 5.92 Å². The second-order valence-corrected chi connectivity index (χ2v) is 10.9. The lowest BCUT2D eigenvalue weighted by Gasteiger charge is -2.28. The molecule has 3 rings (SSSR count). The van der Waals surface area contributed by atoms with Gasteiger partial charge < -0.3 is 10.2 Å². The van der Waals surface area contributed by atoms with Gasteiger partial charge in [-0.15, -0.1) is 11.8 Å². The minimum atomic E-state index is -3.64. The van der Waals surface area contributed by atoms with E-state index in [0.717, 1.165) is 32.1 Å². The van der Waals surface area contributed by atoms with Gasteiger partial charge in [-0.05, 0) is 43.4 Å². The number of anilines is 1. The van der Waals surface area contributed by atoms with Crippen LogP contribution in [0.2, 0.25) is 0 Å². The molecule has 2 heterocycles. The van der Waals surface area contributed by atoms with Crippen LogP contribution >= 0.6 is 11.8 Å². The fourth-order valence-corrected chi connectivity index (χ4v) is 5.57. The van der Waals surface area contributed by atoms with Crippen LogP contribution < -0.4 is 10.0 Å². The lowest BCUT2D eigenvalue weighted by atomic mass is 10.1. The largest absolute Gasteiger partial charge is 0.341 e. The Hall–Kier alpha value is -1.58. The Labute approximate surface area is 177 Å². The van der Waals surface area contributed by atoms with E-state index in [4.69, 9.17) is 0 Å². The number of carbonyl (C=O) groups excluding carboxylic acids is 2. The molecule has 2 amide bonds. The van der Waals surface area contributed by atoms with E-state index in [2.05, 4.69) is 10.0 Å². The number of hydrogen-bond donors (Lipinski definition) is 2. The number of rotatable bonds is 6. The van der Waals surface area contributed by atoms with Crippen LogP contribution in [0.25, 0.3) is 0 Å². The van der Waals surface area contributed by atoms with Crippen molar-refractivity contribution >= 4 is 39.3 Å². The maximum atomic E-state index is 12.9. The number of carbonyl (C=O) groups is 2. The fourth-order valence-electron chi connectivity index (χ4n) is 3.44. The molecule has 0 bridgehead atoms. The molecule has 9 heteroatoms. The number of thioether (sulfide) groups is 1. The molecule has 0 radical (unpaired) electrons. The van der Waals surface area contributed by atoms with E-state index in [1.165, 1.54) is 23.9 Å². The van der Waals surface area contributed by atoms with Crippen molar-refractivity contribution in [1.29, 1.82) is 0 Å². The van der Waals surface area contributed by atoms with Gasteiger partial charge in [0.2, 0.25) is 21.8 Å². The van der Waals surface area contributed by atoms with Crippen molar-refractivity contribution in [2.75, 3.05) is 25.0 Å². The molecular formula is C20H29N3O4S2. The van der Waals surface area contributed by atoms with Crippen molar-refractivity contribution < 1.29 is 18.0 Å². The Kier molecular flexibility index (Phi) is 7.23. The number of amides is 2. The first kappa shape index (κ1) is 22.1. The number of benzene rings is 1. The van der Waals surface area contributed by atoms with Crippen LogP contribution in [0.15, 0.2) is 28.0 Å². The third-order valence-corrected chi connectivity index (χ3v) is 7.88. The van der Waals surface area contributed by atoms with Crippen LogP contribution in [0.1, 0.15) is 46.0 Å². The molecule has 1 atom stereocenters.